The van der Waals surface area contributed by atoms with E-state index in [0.717, 1.165) is 72.2 Å². The Morgan fingerprint density at radius 3 is 1.56 bits per heavy atom. The summed E-state index contributed by atoms with van der Waals surface area (Å²) in [5.74, 6) is 2.57. The van der Waals surface area contributed by atoms with E-state index >= 15 is 0 Å². The summed E-state index contributed by atoms with van der Waals surface area (Å²) in [5, 5.41) is 2.29. The molecule has 6 heteroatoms. The number of hydrogen-bond acceptors (Lipinski definition) is 4. The van der Waals surface area contributed by atoms with Gasteiger partial charge < -0.3 is 0 Å². The number of para-hydroxylation sites is 5. The SMILES string of the molecule is c1ccc(-c2ccc(-c3nc(-c4ccccc4-n4c(-c5ccccc5)nc5ccccc54)nc(-n4c5ccccc5c5ccccc54)n3)cc2)cc1. The van der Waals surface area contributed by atoms with Gasteiger partial charge >= 0.3 is 0 Å². The summed E-state index contributed by atoms with van der Waals surface area (Å²) < 4.78 is 4.38. The fourth-order valence-electron chi connectivity index (χ4n) is 7.20. The maximum absolute atomic E-state index is 5.30. The highest BCUT2D eigenvalue weighted by molar-refractivity contribution is 6.09. The molecule has 0 N–H and O–H groups in total. The molecule has 0 amide bonds. The molecule has 0 atom stereocenters. The zero-order valence-electron chi connectivity index (χ0n) is 28.0. The van der Waals surface area contributed by atoms with Gasteiger partial charge in [-0.25, -0.2) is 9.97 Å². The first-order valence-electron chi connectivity index (χ1n) is 17.3. The first-order valence-corrected chi connectivity index (χ1v) is 17.3. The van der Waals surface area contributed by atoms with Crippen molar-refractivity contribution in [2.75, 3.05) is 0 Å². The van der Waals surface area contributed by atoms with Gasteiger partial charge in [0, 0.05) is 27.5 Å². The monoisotopic (exact) mass is 666 g/mol. The van der Waals surface area contributed by atoms with E-state index in [0.29, 0.717) is 17.6 Å². The smallest absolute Gasteiger partial charge is 0.238 e. The van der Waals surface area contributed by atoms with Gasteiger partial charge in [-0.05, 0) is 47.5 Å². The average molecular weight is 667 g/mol. The van der Waals surface area contributed by atoms with Gasteiger partial charge in [0.15, 0.2) is 11.6 Å². The van der Waals surface area contributed by atoms with Gasteiger partial charge in [0.1, 0.15) is 5.82 Å². The molecule has 0 fully saturated rings. The first-order chi connectivity index (χ1) is 25.8. The van der Waals surface area contributed by atoms with Crippen LogP contribution in [0.2, 0.25) is 0 Å². The predicted octanol–water partition coefficient (Wildman–Crippen LogP) is 11.0. The Labute approximate surface area is 300 Å². The third-order valence-electron chi connectivity index (χ3n) is 9.63. The minimum absolute atomic E-state index is 0.554. The Hall–Kier alpha value is -7.18. The summed E-state index contributed by atoms with van der Waals surface area (Å²) in [6, 6.07) is 62.6. The van der Waals surface area contributed by atoms with E-state index in [1.165, 1.54) is 0 Å². The zero-order chi connectivity index (χ0) is 34.4. The number of hydrogen-bond donors (Lipinski definition) is 0. The van der Waals surface area contributed by atoms with Gasteiger partial charge in [0.05, 0.1) is 27.8 Å². The highest BCUT2D eigenvalue weighted by atomic mass is 15.2. The fourth-order valence-corrected chi connectivity index (χ4v) is 7.20. The maximum Gasteiger partial charge on any atom is 0.238 e. The molecule has 10 aromatic rings. The van der Waals surface area contributed by atoms with Gasteiger partial charge in [0.2, 0.25) is 5.95 Å². The molecule has 10 rings (SSSR count). The Bertz CT molecular complexity index is 2840. The molecule has 0 aliphatic carbocycles. The van der Waals surface area contributed by atoms with Crippen LogP contribution in [0.5, 0.6) is 0 Å². The van der Waals surface area contributed by atoms with E-state index in [1.54, 1.807) is 0 Å². The van der Waals surface area contributed by atoms with E-state index in [9.17, 15) is 0 Å². The molecule has 7 aromatic carbocycles. The molecule has 0 bridgehead atoms. The second-order valence-electron chi connectivity index (χ2n) is 12.7. The van der Waals surface area contributed by atoms with Crippen molar-refractivity contribution >= 4 is 32.8 Å². The molecule has 0 spiro atoms. The summed E-state index contributed by atoms with van der Waals surface area (Å²) in [6.45, 7) is 0. The number of imidazole rings is 1. The summed E-state index contributed by atoms with van der Waals surface area (Å²) in [4.78, 5) is 20.9. The lowest BCUT2D eigenvalue weighted by atomic mass is 10.0. The highest BCUT2D eigenvalue weighted by Gasteiger charge is 2.22. The molecule has 0 aliphatic rings. The van der Waals surface area contributed by atoms with Crippen LogP contribution in [0.4, 0.5) is 0 Å². The lowest BCUT2D eigenvalue weighted by Crippen LogP contribution is -2.08. The van der Waals surface area contributed by atoms with Crippen LogP contribution in [0, 0.1) is 0 Å². The fraction of sp³-hybridized carbons (Fsp3) is 0. The van der Waals surface area contributed by atoms with Crippen molar-refractivity contribution in [2.45, 2.75) is 0 Å². The van der Waals surface area contributed by atoms with Gasteiger partial charge in [-0.1, -0.05) is 146 Å². The highest BCUT2D eigenvalue weighted by Crippen LogP contribution is 2.36. The van der Waals surface area contributed by atoms with E-state index < -0.39 is 0 Å². The minimum atomic E-state index is 0.554. The second-order valence-corrected chi connectivity index (χ2v) is 12.7. The van der Waals surface area contributed by atoms with Gasteiger partial charge in [-0.2, -0.15) is 9.97 Å². The van der Waals surface area contributed by atoms with Crippen molar-refractivity contribution in [1.82, 2.24) is 29.1 Å². The molecule has 52 heavy (non-hydrogen) atoms. The third kappa shape index (κ3) is 4.96. The quantitative estimate of drug-likeness (QED) is 0.177. The standard InChI is InChI=1S/C46H30N6/c1-3-15-31(16-4-1)32-27-29-33(30-28-32)43-48-44(50-46(49-43)52-39-23-11-7-19-35(39)36-20-8-12-24-40(36)52)37-21-9-13-25-41(37)51-42-26-14-10-22-38(42)47-45(51)34-17-5-2-6-18-34/h1-30H. The van der Waals surface area contributed by atoms with E-state index in [2.05, 4.69) is 155 Å². The van der Waals surface area contributed by atoms with E-state index in [4.69, 9.17) is 19.9 Å². The van der Waals surface area contributed by atoms with Gasteiger partial charge in [-0.15, -0.1) is 0 Å². The number of rotatable bonds is 6. The van der Waals surface area contributed by atoms with Crippen molar-refractivity contribution < 1.29 is 0 Å². The van der Waals surface area contributed by atoms with Crippen LogP contribution in [-0.2, 0) is 0 Å². The number of nitrogens with zero attached hydrogens (tertiary/aromatic N) is 6. The molecule has 0 aliphatic heterocycles. The molecular weight excluding hydrogens is 637 g/mol. The summed E-state index contributed by atoms with van der Waals surface area (Å²) >= 11 is 0. The molecular formula is C46H30N6. The summed E-state index contributed by atoms with van der Waals surface area (Å²) in [7, 11) is 0. The molecule has 0 saturated heterocycles. The van der Waals surface area contributed by atoms with Crippen LogP contribution < -0.4 is 0 Å². The second kappa shape index (κ2) is 12.3. The zero-order valence-corrected chi connectivity index (χ0v) is 28.0. The van der Waals surface area contributed by atoms with Crippen molar-refractivity contribution in [3.05, 3.63) is 182 Å². The molecule has 6 nitrogen and oxygen atoms in total. The molecule has 244 valence electrons. The van der Waals surface area contributed by atoms with Crippen LogP contribution in [0.15, 0.2) is 182 Å². The normalized spacial score (nSPS) is 11.5. The molecule has 0 radical (unpaired) electrons. The van der Waals surface area contributed by atoms with Gasteiger partial charge in [0.25, 0.3) is 0 Å². The summed E-state index contributed by atoms with van der Waals surface area (Å²) in [5.41, 5.74) is 10.0. The van der Waals surface area contributed by atoms with Crippen molar-refractivity contribution in [3.8, 4) is 56.9 Å². The number of fused-ring (bicyclic) bond motifs is 4. The van der Waals surface area contributed by atoms with Gasteiger partial charge in [-0.3, -0.25) is 9.13 Å². The maximum atomic E-state index is 5.30. The van der Waals surface area contributed by atoms with Crippen LogP contribution >= 0.6 is 0 Å². The number of aromatic nitrogens is 6. The Morgan fingerprint density at radius 1 is 0.327 bits per heavy atom. The molecule has 3 aromatic heterocycles. The lowest BCUT2D eigenvalue weighted by molar-refractivity contribution is 0.951. The van der Waals surface area contributed by atoms with E-state index in [1.807, 2.05) is 36.4 Å². The predicted molar refractivity (Wildman–Crippen MR) is 211 cm³/mol. The topological polar surface area (TPSA) is 61.4 Å². The Morgan fingerprint density at radius 2 is 0.846 bits per heavy atom. The average Bonchev–Trinajstić information content (AvgIpc) is 3.78. The minimum Gasteiger partial charge on any atom is -0.292 e. The largest absolute Gasteiger partial charge is 0.292 e. The van der Waals surface area contributed by atoms with Crippen molar-refractivity contribution in [1.29, 1.82) is 0 Å². The number of benzene rings is 7. The molecule has 3 heterocycles. The van der Waals surface area contributed by atoms with Crippen molar-refractivity contribution in [2.24, 2.45) is 0 Å². The first kappa shape index (κ1) is 29.7. The van der Waals surface area contributed by atoms with Crippen LogP contribution in [-0.4, -0.2) is 29.1 Å². The molecule has 0 saturated carbocycles. The van der Waals surface area contributed by atoms with E-state index in [-0.39, 0.29) is 0 Å². The lowest BCUT2D eigenvalue weighted by Gasteiger charge is -2.16. The summed E-state index contributed by atoms with van der Waals surface area (Å²) in [6.07, 6.45) is 0. The third-order valence-corrected chi connectivity index (χ3v) is 9.63. The Balaban J connectivity index is 1.23. The van der Waals surface area contributed by atoms with Crippen LogP contribution in [0.25, 0.3) is 89.8 Å². The van der Waals surface area contributed by atoms with Crippen LogP contribution in [0.1, 0.15) is 0 Å². The Kier molecular flexibility index (Phi) is 7.03. The molecule has 0 unspecified atom stereocenters. The van der Waals surface area contributed by atoms with Crippen molar-refractivity contribution in [3.63, 3.8) is 0 Å². The van der Waals surface area contributed by atoms with Crippen LogP contribution in [0.3, 0.4) is 0 Å².